The summed E-state index contributed by atoms with van der Waals surface area (Å²) in [6, 6.07) is 2.04. The molecular formula is C12H18O2. The standard InChI is InChI=1S/C12H18O2/c1-5-6-10-7-8(2)11(13)12(14-4)9(10)3/h7,13H,5-6H2,1-4H3. The van der Waals surface area contributed by atoms with Gasteiger partial charge in [-0.2, -0.15) is 0 Å². The summed E-state index contributed by atoms with van der Waals surface area (Å²) in [7, 11) is 1.59. The minimum atomic E-state index is 0.268. The second-order valence-electron chi connectivity index (χ2n) is 3.61. The summed E-state index contributed by atoms with van der Waals surface area (Å²) in [6.45, 7) is 6.04. The molecule has 0 aliphatic rings. The van der Waals surface area contributed by atoms with E-state index in [1.807, 2.05) is 19.9 Å². The molecule has 0 saturated carbocycles. The Morgan fingerprint density at radius 2 is 2.00 bits per heavy atom. The van der Waals surface area contributed by atoms with Crippen LogP contribution >= 0.6 is 0 Å². The van der Waals surface area contributed by atoms with Gasteiger partial charge in [-0.3, -0.25) is 0 Å². The van der Waals surface area contributed by atoms with Gasteiger partial charge in [0, 0.05) is 0 Å². The minimum absolute atomic E-state index is 0.268. The molecule has 0 spiro atoms. The highest BCUT2D eigenvalue weighted by atomic mass is 16.5. The van der Waals surface area contributed by atoms with Gasteiger partial charge in [0.15, 0.2) is 11.5 Å². The third kappa shape index (κ3) is 1.84. The monoisotopic (exact) mass is 194 g/mol. The van der Waals surface area contributed by atoms with E-state index >= 15 is 0 Å². The molecule has 0 aromatic heterocycles. The molecule has 0 fully saturated rings. The van der Waals surface area contributed by atoms with Crippen molar-refractivity contribution in [2.24, 2.45) is 0 Å². The lowest BCUT2D eigenvalue weighted by molar-refractivity contribution is 0.368. The lowest BCUT2D eigenvalue weighted by Crippen LogP contribution is -1.96. The Balaban J connectivity index is 3.27. The van der Waals surface area contributed by atoms with Crippen molar-refractivity contribution >= 4 is 0 Å². The van der Waals surface area contributed by atoms with Crippen molar-refractivity contribution < 1.29 is 9.84 Å². The molecule has 1 N–H and O–H groups in total. The predicted molar refractivity (Wildman–Crippen MR) is 58.1 cm³/mol. The second-order valence-corrected chi connectivity index (χ2v) is 3.61. The summed E-state index contributed by atoms with van der Waals surface area (Å²) < 4.78 is 5.19. The van der Waals surface area contributed by atoms with Crippen LogP contribution in [0.4, 0.5) is 0 Å². The quantitative estimate of drug-likeness (QED) is 0.801. The maximum atomic E-state index is 9.75. The number of phenols is 1. The van der Waals surface area contributed by atoms with Gasteiger partial charge in [0.1, 0.15) is 0 Å². The Hall–Kier alpha value is -1.18. The first-order chi connectivity index (χ1) is 6.61. The molecule has 2 heteroatoms. The fraction of sp³-hybridized carbons (Fsp3) is 0.500. The van der Waals surface area contributed by atoms with Crippen LogP contribution in [0.5, 0.6) is 11.5 Å². The van der Waals surface area contributed by atoms with Crippen molar-refractivity contribution in [2.45, 2.75) is 33.6 Å². The normalized spacial score (nSPS) is 10.3. The number of benzene rings is 1. The van der Waals surface area contributed by atoms with E-state index in [2.05, 4.69) is 6.92 Å². The molecule has 0 saturated heterocycles. The molecule has 0 aliphatic carbocycles. The molecule has 0 unspecified atom stereocenters. The number of hydrogen-bond donors (Lipinski definition) is 1. The van der Waals surface area contributed by atoms with E-state index in [-0.39, 0.29) is 5.75 Å². The Bertz CT molecular complexity index is 330. The van der Waals surface area contributed by atoms with E-state index in [9.17, 15) is 5.11 Å². The molecule has 1 rings (SSSR count). The van der Waals surface area contributed by atoms with Crippen LogP contribution in [0.15, 0.2) is 6.07 Å². The van der Waals surface area contributed by atoms with Gasteiger partial charge in [-0.25, -0.2) is 0 Å². The molecule has 2 nitrogen and oxygen atoms in total. The van der Waals surface area contributed by atoms with Crippen molar-refractivity contribution in [3.63, 3.8) is 0 Å². The van der Waals surface area contributed by atoms with Crippen LogP contribution in [-0.2, 0) is 6.42 Å². The van der Waals surface area contributed by atoms with Crippen LogP contribution < -0.4 is 4.74 Å². The molecule has 78 valence electrons. The molecule has 0 aliphatic heterocycles. The summed E-state index contributed by atoms with van der Waals surface area (Å²) in [5.41, 5.74) is 3.20. The summed E-state index contributed by atoms with van der Waals surface area (Å²) in [4.78, 5) is 0. The van der Waals surface area contributed by atoms with E-state index in [0.717, 1.165) is 24.0 Å². The predicted octanol–water partition coefficient (Wildman–Crippen LogP) is 2.97. The zero-order chi connectivity index (χ0) is 10.7. The van der Waals surface area contributed by atoms with Crippen molar-refractivity contribution in [3.05, 3.63) is 22.8 Å². The van der Waals surface area contributed by atoms with Gasteiger partial charge in [-0.05, 0) is 37.0 Å². The third-order valence-corrected chi connectivity index (χ3v) is 2.53. The number of rotatable bonds is 3. The Morgan fingerprint density at radius 3 is 2.50 bits per heavy atom. The molecular weight excluding hydrogens is 176 g/mol. The third-order valence-electron chi connectivity index (χ3n) is 2.53. The summed E-state index contributed by atoms with van der Waals surface area (Å²) in [6.07, 6.45) is 2.14. The average Bonchev–Trinajstić information content (AvgIpc) is 2.16. The van der Waals surface area contributed by atoms with Gasteiger partial charge in [-0.1, -0.05) is 19.4 Å². The van der Waals surface area contributed by atoms with Gasteiger partial charge in [0.2, 0.25) is 0 Å². The first-order valence-corrected chi connectivity index (χ1v) is 4.97. The molecule has 1 aromatic rings. The van der Waals surface area contributed by atoms with Gasteiger partial charge < -0.3 is 9.84 Å². The summed E-state index contributed by atoms with van der Waals surface area (Å²) >= 11 is 0. The zero-order valence-corrected chi connectivity index (χ0v) is 9.35. The zero-order valence-electron chi connectivity index (χ0n) is 9.35. The van der Waals surface area contributed by atoms with Crippen molar-refractivity contribution in [1.82, 2.24) is 0 Å². The molecule has 0 heterocycles. The van der Waals surface area contributed by atoms with Crippen LogP contribution in [0.25, 0.3) is 0 Å². The maximum absolute atomic E-state index is 9.75. The number of hydrogen-bond acceptors (Lipinski definition) is 2. The van der Waals surface area contributed by atoms with Crippen LogP contribution in [0.3, 0.4) is 0 Å². The number of phenolic OH excluding ortho intramolecular Hbond substituents is 1. The second kappa shape index (κ2) is 4.36. The largest absolute Gasteiger partial charge is 0.504 e. The molecule has 0 atom stereocenters. The van der Waals surface area contributed by atoms with E-state index in [4.69, 9.17) is 4.74 Å². The highest BCUT2D eigenvalue weighted by Gasteiger charge is 2.12. The first kappa shape index (κ1) is 10.9. The van der Waals surface area contributed by atoms with E-state index in [1.165, 1.54) is 5.56 Å². The number of aryl methyl sites for hydroxylation is 2. The summed E-state index contributed by atoms with van der Waals surface area (Å²) in [5, 5.41) is 9.75. The van der Waals surface area contributed by atoms with Gasteiger partial charge >= 0.3 is 0 Å². The minimum Gasteiger partial charge on any atom is -0.504 e. The number of ether oxygens (including phenoxy) is 1. The molecule has 1 aromatic carbocycles. The smallest absolute Gasteiger partial charge is 0.163 e. The lowest BCUT2D eigenvalue weighted by atomic mass is 9.99. The van der Waals surface area contributed by atoms with Crippen LogP contribution in [-0.4, -0.2) is 12.2 Å². The van der Waals surface area contributed by atoms with Gasteiger partial charge in [0.25, 0.3) is 0 Å². The van der Waals surface area contributed by atoms with Crippen molar-refractivity contribution in [1.29, 1.82) is 0 Å². The topological polar surface area (TPSA) is 29.5 Å². The molecule has 0 amide bonds. The van der Waals surface area contributed by atoms with Crippen LogP contribution in [0.2, 0.25) is 0 Å². The fourth-order valence-corrected chi connectivity index (χ4v) is 1.72. The van der Waals surface area contributed by atoms with Crippen LogP contribution in [0, 0.1) is 13.8 Å². The number of aromatic hydroxyl groups is 1. The van der Waals surface area contributed by atoms with Gasteiger partial charge in [0.05, 0.1) is 7.11 Å². The average molecular weight is 194 g/mol. The molecule has 0 bridgehead atoms. The SMILES string of the molecule is CCCc1cc(C)c(O)c(OC)c1C. The lowest BCUT2D eigenvalue weighted by Gasteiger charge is -2.13. The first-order valence-electron chi connectivity index (χ1n) is 4.97. The van der Waals surface area contributed by atoms with E-state index < -0.39 is 0 Å². The van der Waals surface area contributed by atoms with Crippen LogP contribution in [0.1, 0.15) is 30.0 Å². The van der Waals surface area contributed by atoms with Crippen molar-refractivity contribution in [2.75, 3.05) is 7.11 Å². The maximum Gasteiger partial charge on any atom is 0.163 e. The van der Waals surface area contributed by atoms with Gasteiger partial charge in [-0.15, -0.1) is 0 Å². The summed E-state index contributed by atoms with van der Waals surface area (Å²) in [5.74, 6) is 0.887. The fourth-order valence-electron chi connectivity index (χ4n) is 1.72. The van der Waals surface area contributed by atoms with E-state index in [0.29, 0.717) is 5.75 Å². The highest BCUT2D eigenvalue weighted by molar-refractivity contribution is 5.53. The van der Waals surface area contributed by atoms with Crippen molar-refractivity contribution in [3.8, 4) is 11.5 Å². The molecule has 14 heavy (non-hydrogen) atoms. The number of methoxy groups -OCH3 is 1. The van der Waals surface area contributed by atoms with E-state index in [1.54, 1.807) is 7.11 Å². The Morgan fingerprint density at radius 1 is 1.36 bits per heavy atom. The highest BCUT2D eigenvalue weighted by Crippen LogP contribution is 2.35. The molecule has 0 radical (unpaired) electrons. The Kier molecular flexibility index (Phi) is 3.39. The Labute approximate surface area is 85.5 Å².